The van der Waals surface area contributed by atoms with Crippen molar-refractivity contribution in [3.05, 3.63) is 356 Å². The first-order valence-electron chi connectivity index (χ1n) is 48.4. The molecule has 0 aliphatic rings. The van der Waals surface area contributed by atoms with Gasteiger partial charge in [-0.05, 0) is 188 Å². The zero-order chi connectivity index (χ0) is 94.4. The van der Waals surface area contributed by atoms with Crippen LogP contribution in [0.15, 0.2) is 340 Å². The highest BCUT2D eigenvalue weighted by Crippen LogP contribution is 2.43. The Morgan fingerprint density at radius 2 is 0.429 bits per heavy atom. The number of para-hydroxylation sites is 3. The molecule has 18 aromatic carbocycles. The Balaban J connectivity index is 0.000000518. The van der Waals surface area contributed by atoms with Gasteiger partial charge in [-0.3, -0.25) is 0 Å². The van der Waals surface area contributed by atoms with Gasteiger partial charge in [0.1, 0.15) is 0 Å². The van der Waals surface area contributed by atoms with Gasteiger partial charge in [0.2, 0.25) is 0 Å². The number of aromatic nitrogens is 2. The summed E-state index contributed by atoms with van der Waals surface area (Å²) in [6, 6.07) is 123. The first-order valence-corrected chi connectivity index (χ1v) is 48.4. The van der Waals surface area contributed by atoms with Crippen LogP contribution in [0.1, 0.15) is 224 Å². The van der Waals surface area contributed by atoms with Gasteiger partial charge in [0.05, 0.1) is 11.0 Å². The Morgan fingerprint density at radius 1 is 0.159 bits per heavy atom. The second-order valence-electron chi connectivity index (χ2n) is 25.6. The third-order valence-corrected chi connectivity index (χ3v) is 19.9. The Hall–Kier alpha value is -12.1. The third-order valence-electron chi connectivity index (χ3n) is 19.9. The molecule has 2 heteroatoms. The van der Waals surface area contributed by atoms with E-state index in [1.165, 1.54) is 185 Å². The van der Waals surface area contributed by atoms with Crippen LogP contribution >= 0.6 is 0 Å². The van der Waals surface area contributed by atoms with Crippen molar-refractivity contribution < 1.29 is 0 Å². The Labute approximate surface area is 764 Å². The first-order chi connectivity index (χ1) is 62.3. The lowest BCUT2D eigenvalue weighted by atomic mass is 9.89. The molecule has 0 radical (unpaired) electrons. The van der Waals surface area contributed by atoms with Gasteiger partial charge >= 0.3 is 0 Å². The van der Waals surface area contributed by atoms with E-state index in [0.29, 0.717) is 0 Å². The average Bonchev–Trinajstić information content (AvgIpc) is 1.44. The second-order valence-corrected chi connectivity index (χ2v) is 25.6. The quantitative estimate of drug-likeness (QED) is 0.156. The standard InChI is InChI=1S/C25H18N2.2C25H18.C19H14.15C2H6/c1-26-22-11-5-2-10-20(22)21-16-17(14-15-23(21)26)27-24-12-6-3-8-18(24)19-9-4-7-13-25(19)27;1-17-7-6-8-18(15-17)19-13-14-24-22-11-3-2-9-20(22)21-10-4-5-12-23(21)25(24)16-19;1-17-13-15-18(16-14-17)19-11-6-12-24-22-8-3-2-7-20(22)21-9-4-5-10-23(21)25(19)24;1-13-7-6-12-18-16-9-3-2-8-14(16)15-10-4-5-11-17(15)19(13)18;15*1-2/h2-16H,1H3;2*2-16H,1H3;2-12H,1H3;15*1-2H3. The van der Waals surface area contributed by atoms with E-state index >= 15 is 0 Å². The van der Waals surface area contributed by atoms with Gasteiger partial charge in [0.25, 0.3) is 0 Å². The molecule has 20 rings (SSSR count). The summed E-state index contributed by atoms with van der Waals surface area (Å²) in [5.74, 6) is 0. The molecule has 0 aliphatic heterocycles. The number of aryl methyl sites for hydroxylation is 4. The normalized spacial score (nSPS) is 9.51. The molecule has 2 heterocycles. The molecule has 0 spiro atoms. The average molecular weight is 1680 g/mol. The van der Waals surface area contributed by atoms with Crippen molar-refractivity contribution in [3.8, 4) is 27.9 Å². The lowest BCUT2D eigenvalue weighted by Crippen LogP contribution is -1.94. The minimum atomic E-state index is 1.20. The van der Waals surface area contributed by atoms with E-state index in [1.807, 2.05) is 208 Å². The SMILES string of the molecule is CC.CC.CC.CC.CC.CC.CC.CC.CC.CC.CC.CC.CC.CC.CC.Cc1ccc(-c2cccc3c4ccccc4c4ccccc4c23)cc1.Cc1cccc(-c2ccc3c4ccccc4c4ccccc4c3c2)c1.Cc1cccc2c3ccccc3c3ccccc3c12.Cn1c2ccccc2c2cc(-n3c4ccccc4c4ccccc43)ccc21. The van der Waals surface area contributed by atoms with E-state index in [0.717, 1.165) is 0 Å². The summed E-state index contributed by atoms with van der Waals surface area (Å²) in [5.41, 5.74) is 15.3. The minimum absolute atomic E-state index is 1.20. The molecule has 0 unspecified atom stereocenters. The van der Waals surface area contributed by atoms with Crippen LogP contribution in [-0.4, -0.2) is 9.13 Å². The number of benzene rings is 18. The highest BCUT2D eigenvalue weighted by Gasteiger charge is 2.17. The molecule has 20 aromatic rings. The number of hydrogen-bond donors (Lipinski definition) is 0. The van der Waals surface area contributed by atoms with E-state index in [9.17, 15) is 0 Å². The van der Waals surface area contributed by atoms with E-state index in [1.54, 1.807) is 0 Å². The fourth-order valence-electron chi connectivity index (χ4n) is 15.5. The van der Waals surface area contributed by atoms with Gasteiger partial charge in [-0.1, -0.05) is 516 Å². The van der Waals surface area contributed by atoms with E-state index < -0.39 is 0 Å². The summed E-state index contributed by atoms with van der Waals surface area (Å²) in [6.07, 6.45) is 0. The van der Waals surface area contributed by atoms with E-state index in [-0.39, 0.29) is 0 Å². The van der Waals surface area contributed by atoms with Crippen molar-refractivity contribution in [2.24, 2.45) is 7.05 Å². The van der Waals surface area contributed by atoms with Crippen LogP contribution in [0, 0.1) is 20.8 Å². The topological polar surface area (TPSA) is 9.86 Å². The molecule has 664 valence electrons. The van der Waals surface area contributed by atoms with Crippen LogP contribution in [0.2, 0.25) is 0 Å². The summed E-state index contributed by atoms with van der Waals surface area (Å²) in [7, 11) is 2.14. The molecule has 0 amide bonds. The molecular weight excluding hydrogens is 1520 g/mol. The third kappa shape index (κ3) is 25.4. The number of hydrogen-bond acceptors (Lipinski definition) is 0. The van der Waals surface area contributed by atoms with Crippen molar-refractivity contribution in [1.82, 2.24) is 9.13 Å². The van der Waals surface area contributed by atoms with E-state index in [4.69, 9.17) is 0 Å². The molecule has 0 atom stereocenters. The molecule has 0 saturated heterocycles. The summed E-state index contributed by atoms with van der Waals surface area (Å²) in [4.78, 5) is 0. The van der Waals surface area contributed by atoms with Crippen LogP contribution < -0.4 is 0 Å². The maximum atomic E-state index is 2.38. The second kappa shape index (κ2) is 61.3. The molecule has 2 nitrogen and oxygen atoms in total. The number of rotatable bonds is 3. The van der Waals surface area contributed by atoms with Crippen molar-refractivity contribution in [1.29, 1.82) is 0 Å². The maximum Gasteiger partial charge on any atom is 0.0541 e. The lowest BCUT2D eigenvalue weighted by Gasteiger charge is -2.14. The highest BCUT2D eigenvalue weighted by molar-refractivity contribution is 6.30. The van der Waals surface area contributed by atoms with Gasteiger partial charge in [-0.15, -0.1) is 0 Å². The Morgan fingerprint density at radius 3 is 0.810 bits per heavy atom. The summed E-state index contributed by atoms with van der Waals surface area (Å²) in [5, 5.41) is 29.3. The highest BCUT2D eigenvalue weighted by atomic mass is 15.0. The van der Waals surface area contributed by atoms with Crippen LogP contribution in [0.5, 0.6) is 0 Å². The van der Waals surface area contributed by atoms with Gasteiger partial charge in [0.15, 0.2) is 0 Å². The number of fused-ring (bicyclic) bond motifs is 24. The van der Waals surface area contributed by atoms with Crippen LogP contribution in [0.4, 0.5) is 0 Å². The molecule has 0 aliphatic carbocycles. The van der Waals surface area contributed by atoms with Crippen molar-refractivity contribution in [2.75, 3.05) is 0 Å². The summed E-state index contributed by atoms with van der Waals surface area (Å²) in [6.45, 7) is 66.5. The predicted molar refractivity (Wildman–Crippen MR) is 587 cm³/mol. The zero-order valence-corrected chi connectivity index (χ0v) is 84.2. The van der Waals surface area contributed by atoms with Crippen LogP contribution in [-0.2, 0) is 7.05 Å². The molecule has 0 N–H and O–H groups in total. The van der Waals surface area contributed by atoms with E-state index in [2.05, 4.69) is 377 Å². The molecule has 126 heavy (non-hydrogen) atoms. The molecule has 0 bridgehead atoms. The summed E-state index contributed by atoms with van der Waals surface area (Å²) >= 11 is 0. The molecule has 0 fully saturated rings. The van der Waals surface area contributed by atoms with Gasteiger partial charge in [-0.25, -0.2) is 0 Å². The smallest absolute Gasteiger partial charge is 0.0541 e. The Bertz CT molecular complexity index is 6260. The fourth-order valence-corrected chi connectivity index (χ4v) is 15.5. The predicted octanol–water partition coefficient (Wildman–Crippen LogP) is 41.5. The fraction of sp³-hybridized carbons (Fsp3) is 0.274. The Kier molecular flexibility index (Phi) is 53.5. The maximum absolute atomic E-state index is 2.38. The lowest BCUT2D eigenvalue weighted by molar-refractivity contribution is 1.01. The largest absolute Gasteiger partial charge is 0.344 e. The monoisotopic (exact) mass is 1680 g/mol. The first kappa shape index (κ1) is 110. The van der Waals surface area contributed by atoms with Gasteiger partial charge in [-0.2, -0.15) is 0 Å². The number of nitrogens with zero attached hydrogens (tertiary/aromatic N) is 2. The van der Waals surface area contributed by atoms with Crippen LogP contribution in [0.25, 0.3) is 169 Å². The summed E-state index contributed by atoms with van der Waals surface area (Å²) < 4.78 is 4.66. The van der Waals surface area contributed by atoms with Gasteiger partial charge < -0.3 is 9.13 Å². The molecule has 2 aromatic heterocycles. The zero-order valence-electron chi connectivity index (χ0n) is 84.2. The van der Waals surface area contributed by atoms with Crippen molar-refractivity contribution >= 4 is 141 Å². The minimum Gasteiger partial charge on any atom is -0.344 e. The van der Waals surface area contributed by atoms with Crippen LogP contribution in [0.3, 0.4) is 0 Å². The van der Waals surface area contributed by atoms with Crippen molar-refractivity contribution in [2.45, 2.75) is 228 Å². The van der Waals surface area contributed by atoms with Crippen molar-refractivity contribution in [3.63, 3.8) is 0 Å². The molecular formula is C124H158N2. The molecule has 0 saturated carbocycles. The van der Waals surface area contributed by atoms with Gasteiger partial charge in [0, 0.05) is 45.3 Å².